The van der Waals surface area contributed by atoms with Crippen molar-refractivity contribution in [2.24, 2.45) is 0 Å². The van der Waals surface area contributed by atoms with Gasteiger partial charge in [-0.05, 0) is 30.3 Å². The van der Waals surface area contributed by atoms with Gasteiger partial charge in [0.15, 0.2) is 12.4 Å². The van der Waals surface area contributed by atoms with E-state index >= 15 is 0 Å². The quantitative estimate of drug-likeness (QED) is 0.576. The SMILES string of the molecule is O=C1COc2ccc(C(=O)CSc3ccc4ccccc4n3)cc2N1. The molecule has 1 amide bonds. The second-order valence-electron chi connectivity index (χ2n) is 5.60. The fourth-order valence-corrected chi connectivity index (χ4v) is 3.38. The number of aromatic nitrogens is 1. The van der Waals surface area contributed by atoms with Crippen molar-refractivity contribution in [1.82, 2.24) is 4.98 Å². The molecule has 0 bridgehead atoms. The van der Waals surface area contributed by atoms with Gasteiger partial charge in [-0.2, -0.15) is 0 Å². The Bertz CT molecular complexity index is 987. The Morgan fingerprint density at radius 1 is 1.16 bits per heavy atom. The Hall–Kier alpha value is -2.86. The van der Waals surface area contributed by atoms with Crippen molar-refractivity contribution in [3.8, 4) is 5.75 Å². The number of ketones is 1. The van der Waals surface area contributed by atoms with E-state index in [9.17, 15) is 9.59 Å². The molecule has 1 N–H and O–H groups in total. The lowest BCUT2D eigenvalue weighted by Crippen LogP contribution is -2.25. The number of thioether (sulfide) groups is 1. The van der Waals surface area contributed by atoms with E-state index in [4.69, 9.17) is 4.74 Å². The molecule has 25 heavy (non-hydrogen) atoms. The van der Waals surface area contributed by atoms with E-state index < -0.39 is 0 Å². The second-order valence-corrected chi connectivity index (χ2v) is 6.60. The molecule has 0 radical (unpaired) electrons. The number of carbonyl (C=O) groups is 2. The minimum atomic E-state index is -0.216. The molecular formula is C19H14N2O3S. The van der Waals surface area contributed by atoms with Crippen LogP contribution in [0.15, 0.2) is 59.6 Å². The number of ether oxygens (including phenoxy) is 1. The number of benzene rings is 2. The number of pyridine rings is 1. The molecule has 0 unspecified atom stereocenters. The second kappa shape index (κ2) is 6.57. The van der Waals surface area contributed by atoms with Crippen LogP contribution in [0.5, 0.6) is 5.75 Å². The predicted octanol–water partition coefficient (Wildman–Crippen LogP) is 3.54. The van der Waals surface area contributed by atoms with Gasteiger partial charge in [-0.25, -0.2) is 4.98 Å². The number of hydrogen-bond acceptors (Lipinski definition) is 5. The topological polar surface area (TPSA) is 68.3 Å². The van der Waals surface area contributed by atoms with Crippen molar-refractivity contribution >= 4 is 40.0 Å². The zero-order valence-corrected chi connectivity index (χ0v) is 14.0. The van der Waals surface area contributed by atoms with Crippen molar-refractivity contribution in [2.75, 3.05) is 17.7 Å². The molecule has 2 aromatic carbocycles. The first kappa shape index (κ1) is 15.7. The lowest BCUT2D eigenvalue weighted by molar-refractivity contribution is -0.118. The molecule has 3 aromatic rings. The van der Waals surface area contributed by atoms with E-state index in [2.05, 4.69) is 10.3 Å². The molecule has 2 heterocycles. The third kappa shape index (κ3) is 3.34. The Morgan fingerprint density at radius 2 is 2.04 bits per heavy atom. The third-order valence-electron chi connectivity index (χ3n) is 3.86. The van der Waals surface area contributed by atoms with Gasteiger partial charge < -0.3 is 10.1 Å². The number of fused-ring (bicyclic) bond motifs is 2. The standard InChI is InChI=1S/C19H14N2O3S/c22-16(13-5-7-17-15(9-13)20-18(23)10-24-17)11-25-19-8-6-12-3-1-2-4-14(12)21-19/h1-9H,10-11H2,(H,20,23). The maximum absolute atomic E-state index is 12.4. The number of anilines is 1. The molecule has 1 aliphatic heterocycles. The molecule has 5 nitrogen and oxygen atoms in total. The van der Waals surface area contributed by atoms with Crippen LogP contribution in [0, 0.1) is 0 Å². The summed E-state index contributed by atoms with van der Waals surface area (Å²) in [6.45, 7) is 0.00375. The van der Waals surface area contributed by atoms with Crippen LogP contribution in [0.1, 0.15) is 10.4 Å². The van der Waals surface area contributed by atoms with Crippen molar-refractivity contribution in [3.63, 3.8) is 0 Å². The van der Waals surface area contributed by atoms with Gasteiger partial charge in [-0.1, -0.05) is 36.0 Å². The molecule has 6 heteroatoms. The van der Waals surface area contributed by atoms with E-state index in [1.165, 1.54) is 11.8 Å². The largest absolute Gasteiger partial charge is 0.482 e. The first-order valence-corrected chi connectivity index (χ1v) is 8.76. The van der Waals surface area contributed by atoms with Crippen LogP contribution in [0.2, 0.25) is 0 Å². The van der Waals surface area contributed by atoms with Crippen LogP contribution in [0.25, 0.3) is 10.9 Å². The molecule has 1 aliphatic rings. The van der Waals surface area contributed by atoms with Crippen LogP contribution in [-0.2, 0) is 4.79 Å². The molecule has 1 aromatic heterocycles. The Kier molecular flexibility index (Phi) is 4.11. The van der Waals surface area contributed by atoms with E-state index in [-0.39, 0.29) is 24.1 Å². The maximum atomic E-state index is 12.4. The van der Waals surface area contributed by atoms with Gasteiger partial charge in [0.2, 0.25) is 0 Å². The molecule has 0 saturated heterocycles. The number of rotatable bonds is 4. The van der Waals surface area contributed by atoms with E-state index in [1.54, 1.807) is 18.2 Å². The molecule has 0 atom stereocenters. The Balaban J connectivity index is 1.48. The summed E-state index contributed by atoms with van der Waals surface area (Å²) < 4.78 is 5.30. The minimum Gasteiger partial charge on any atom is -0.482 e. The van der Waals surface area contributed by atoms with Gasteiger partial charge in [-0.3, -0.25) is 9.59 Å². The van der Waals surface area contributed by atoms with Crippen LogP contribution in [0.3, 0.4) is 0 Å². The molecule has 0 fully saturated rings. The number of carbonyl (C=O) groups excluding carboxylic acids is 2. The maximum Gasteiger partial charge on any atom is 0.262 e. The highest BCUT2D eigenvalue weighted by Crippen LogP contribution is 2.29. The lowest BCUT2D eigenvalue weighted by atomic mass is 10.1. The van der Waals surface area contributed by atoms with Gasteiger partial charge >= 0.3 is 0 Å². The van der Waals surface area contributed by atoms with Crippen molar-refractivity contribution < 1.29 is 14.3 Å². The highest BCUT2D eigenvalue weighted by molar-refractivity contribution is 7.99. The number of Topliss-reactive ketones (excluding diaryl/α,β-unsaturated/α-hetero) is 1. The average molecular weight is 350 g/mol. The third-order valence-corrected chi connectivity index (χ3v) is 4.79. The predicted molar refractivity (Wildman–Crippen MR) is 97.4 cm³/mol. The molecular weight excluding hydrogens is 336 g/mol. The zero-order chi connectivity index (χ0) is 17.2. The summed E-state index contributed by atoms with van der Waals surface area (Å²) >= 11 is 1.40. The van der Waals surface area contributed by atoms with Gasteiger partial charge in [0, 0.05) is 10.9 Å². The van der Waals surface area contributed by atoms with E-state index in [0.717, 1.165) is 15.9 Å². The minimum absolute atomic E-state index is 0.00375. The first-order chi connectivity index (χ1) is 12.2. The van der Waals surface area contributed by atoms with Crippen LogP contribution in [-0.4, -0.2) is 29.0 Å². The molecule has 4 rings (SSSR count). The highest BCUT2D eigenvalue weighted by atomic mass is 32.2. The zero-order valence-electron chi connectivity index (χ0n) is 13.2. The van der Waals surface area contributed by atoms with Crippen molar-refractivity contribution in [2.45, 2.75) is 5.03 Å². The van der Waals surface area contributed by atoms with Gasteiger partial charge in [-0.15, -0.1) is 0 Å². The number of amides is 1. The summed E-state index contributed by atoms with van der Waals surface area (Å²) in [6, 6.07) is 16.9. The normalized spacial score (nSPS) is 13.0. The van der Waals surface area contributed by atoms with Gasteiger partial charge in [0.1, 0.15) is 5.75 Å². The number of hydrogen-bond donors (Lipinski definition) is 1. The van der Waals surface area contributed by atoms with Crippen LogP contribution in [0.4, 0.5) is 5.69 Å². The van der Waals surface area contributed by atoms with E-state index in [0.29, 0.717) is 17.0 Å². The van der Waals surface area contributed by atoms with E-state index in [1.807, 2.05) is 36.4 Å². The molecule has 0 saturated carbocycles. The van der Waals surface area contributed by atoms with Crippen molar-refractivity contribution in [1.29, 1.82) is 0 Å². The number of para-hydroxylation sites is 1. The molecule has 124 valence electrons. The lowest BCUT2D eigenvalue weighted by Gasteiger charge is -2.18. The van der Waals surface area contributed by atoms with Gasteiger partial charge in [0.25, 0.3) is 5.91 Å². The number of nitrogens with one attached hydrogen (secondary N) is 1. The summed E-state index contributed by atoms with van der Waals surface area (Å²) in [4.78, 5) is 28.4. The summed E-state index contributed by atoms with van der Waals surface area (Å²) in [6.07, 6.45) is 0. The van der Waals surface area contributed by atoms with Crippen LogP contribution < -0.4 is 10.1 Å². The highest BCUT2D eigenvalue weighted by Gasteiger charge is 2.18. The number of nitrogens with zero attached hydrogens (tertiary/aromatic N) is 1. The summed E-state index contributed by atoms with van der Waals surface area (Å²) in [5, 5.41) is 4.59. The summed E-state index contributed by atoms with van der Waals surface area (Å²) in [5.74, 6) is 0.619. The van der Waals surface area contributed by atoms with Crippen LogP contribution >= 0.6 is 11.8 Å². The Labute approximate surface area is 148 Å². The molecule has 0 aliphatic carbocycles. The van der Waals surface area contributed by atoms with Gasteiger partial charge in [0.05, 0.1) is 22.0 Å². The smallest absolute Gasteiger partial charge is 0.262 e. The monoisotopic (exact) mass is 350 g/mol. The summed E-state index contributed by atoms with van der Waals surface area (Å²) in [5.41, 5.74) is 1.99. The fraction of sp³-hybridized carbons (Fsp3) is 0.105. The Morgan fingerprint density at radius 3 is 2.96 bits per heavy atom. The summed E-state index contributed by atoms with van der Waals surface area (Å²) in [7, 11) is 0. The average Bonchev–Trinajstić information content (AvgIpc) is 2.65. The van der Waals surface area contributed by atoms with Crippen molar-refractivity contribution in [3.05, 3.63) is 60.2 Å². The molecule has 0 spiro atoms. The fourth-order valence-electron chi connectivity index (χ4n) is 2.61. The first-order valence-electron chi connectivity index (χ1n) is 7.77.